The summed E-state index contributed by atoms with van der Waals surface area (Å²) in [7, 11) is 0. The lowest BCUT2D eigenvalue weighted by Gasteiger charge is -2.25. The minimum Gasteiger partial charge on any atom is -0.481 e. The SMILES string of the molecule is C[C@@H](Oc1ccc(F)cc1)C(=O)NNC(=O)C[C@@](C)(O)C(F)(F)F. The van der Waals surface area contributed by atoms with Crippen molar-refractivity contribution < 1.29 is 37.0 Å². The van der Waals surface area contributed by atoms with Crippen LogP contribution in [0.3, 0.4) is 0 Å². The molecule has 10 heteroatoms. The maximum Gasteiger partial charge on any atom is 0.417 e. The molecule has 0 aromatic heterocycles. The van der Waals surface area contributed by atoms with E-state index in [2.05, 4.69) is 0 Å². The molecule has 1 rings (SSSR count). The van der Waals surface area contributed by atoms with Crippen molar-refractivity contribution in [2.75, 3.05) is 0 Å². The van der Waals surface area contributed by atoms with Gasteiger partial charge < -0.3 is 9.84 Å². The molecule has 0 spiro atoms. The Kier molecular flexibility index (Phi) is 6.13. The number of amides is 2. The number of hydrogen-bond acceptors (Lipinski definition) is 4. The fraction of sp³-hybridized carbons (Fsp3) is 0.429. The van der Waals surface area contributed by atoms with Crippen LogP contribution in [0.4, 0.5) is 17.6 Å². The fourth-order valence-corrected chi connectivity index (χ4v) is 1.46. The first kappa shape index (κ1) is 19.7. The number of halogens is 4. The van der Waals surface area contributed by atoms with Crippen molar-refractivity contribution >= 4 is 11.8 Å². The van der Waals surface area contributed by atoms with Gasteiger partial charge in [-0.25, -0.2) is 4.39 Å². The second kappa shape index (κ2) is 7.47. The first-order chi connectivity index (χ1) is 10.9. The smallest absolute Gasteiger partial charge is 0.417 e. The number of alkyl halides is 3. The molecule has 0 radical (unpaired) electrons. The van der Waals surface area contributed by atoms with Crippen LogP contribution in [0.25, 0.3) is 0 Å². The molecule has 0 saturated heterocycles. The fourth-order valence-electron chi connectivity index (χ4n) is 1.46. The van der Waals surface area contributed by atoms with E-state index in [1.54, 1.807) is 5.43 Å². The van der Waals surface area contributed by atoms with Crippen LogP contribution in [0.15, 0.2) is 24.3 Å². The van der Waals surface area contributed by atoms with E-state index in [9.17, 15) is 27.2 Å². The van der Waals surface area contributed by atoms with E-state index in [4.69, 9.17) is 9.84 Å². The molecule has 2 amide bonds. The molecular weight excluding hydrogens is 336 g/mol. The number of aliphatic hydroxyl groups is 1. The third-order valence-corrected chi connectivity index (χ3v) is 2.94. The summed E-state index contributed by atoms with van der Waals surface area (Å²) in [5.74, 6) is -2.40. The predicted octanol–water partition coefficient (Wildman–Crippen LogP) is 1.44. The zero-order valence-corrected chi connectivity index (χ0v) is 12.8. The van der Waals surface area contributed by atoms with Gasteiger partial charge in [0.2, 0.25) is 5.91 Å². The number of hydrogen-bond donors (Lipinski definition) is 3. The van der Waals surface area contributed by atoms with Gasteiger partial charge in [-0.3, -0.25) is 20.4 Å². The first-order valence-corrected chi connectivity index (χ1v) is 6.72. The van der Waals surface area contributed by atoms with Crippen molar-refractivity contribution in [1.82, 2.24) is 10.9 Å². The summed E-state index contributed by atoms with van der Waals surface area (Å²) >= 11 is 0. The molecule has 0 heterocycles. The topological polar surface area (TPSA) is 87.7 Å². The highest BCUT2D eigenvalue weighted by atomic mass is 19.4. The van der Waals surface area contributed by atoms with Gasteiger partial charge in [0.25, 0.3) is 5.91 Å². The van der Waals surface area contributed by atoms with E-state index in [0.717, 1.165) is 12.1 Å². The molecule has 0 aliphatic rings. The molecule has 1 aromatic carbocycles. The van der Waals surface area contributed by atoms with Crippen LogP contribution in [-0.2, 0) is 9.59 Å². The quantitative estimate of drug-likeness (QED) is 0.553. The van der Waals surface area contributed by atoms with Crippen molar-refractivity contribution in [2.24, 2.45) is 0 Å². The molecule has 0 bridgehead atoms. The highest BCUT2D eigenvalue weighted by molar-refractivity contribution is 5.84. The van der Waals surface area contributed by atoms with Crippen LogP contribution in [0, 0.1) is 5.82 Å². The van der Waals surface area contributed by atoms with E-state index in [0.29, 0.717) is 6.92 Å². The lowest BCUT2D eigenvalue weighted by atomic mass is 10.0. The minimum atomic E-state index is -4.99. The summed E-state index contributed by atoms with van der Waals surface area (Å²) in [6.07, 6.45) is -7.39. The van der Waals surface area contributed by atoms with Gasteiger partial charge in [0.15, 0.2) is 11.7 Å². The molecule has 0 unspecified atom stereocenters. The molecule has 0 aliphatic heterocycles. The molecular formula is C14H16F4N2O4. The molecule has 2 atom stereocenters. The number of ether oxygens (including phenoxy) is 1. The Hall–Kier alpha value is -2.36. The second-order valence-electron chi connectivity index (χ2n) is 5.20. The summed E-state index contributed by atoms with van der Waals surface area (Å²) in [6.45, 7) is 1.76. The maximum absolute atomic E-state index is 12.7. The predicted molar refractivity (Wildman–Crippen MR) is 74.1 cm³/mol. The maximum atomic E-state index is 12.7. The summed E-state index contributed by atoms with van der Waals surface area (Å²) in [5.41, 5.74) is 0.396. The lowest BCUT2D eigenvalue weighted by Crippen LogP contribution is -2.51. The van der Waals surface area contributed by atoms with Crippen molar-refractivity contribution in [3.63, 3.8) is 0 Å². The Morgan fingerprint density at radius 3 is 2.25 bits per heavy atom. The van der Waals surface area contributed by atoms with E-state index in [-0.39, 0.29) is 5.75 Å². The van der Waals surface area contributed by atoms with Crippen molar-refractivity contribution in [1.29, 1.82) is 0 Å². The number of rotatable bonds is 5. The molecule has 0 fully saturated rings. The van der Waals surface area contributed by atoms with Crippen LogP contribution >= 0.6 is 0 Å². The zero-order valence-electron chi connectivity index (χ0n) is 12.8. The third kappa shape index (κ3) is 5.69. The average molecular weight is 352 g/mol. The van der Waals surface area contributed by atoms with Gasteiger partial charge in [-0.15, -0.1) is 0 Å². The zero-order chi connectivity index (χ0) is 18.5. The summed E-state index contributed by atoms with van der Waals surface area (Å²) in [6, 6.07) is 4.78. The van der Waals surface area contributed by atoms with E-state index >= 15 is 0 Å². The molecule has 134 valence electrons. The van der Waals surface area contributed by atoms with Gasteiger partial charge >= 0.3 is 6.18 Å². The standard InChI is InChI=1S/C14H16F4N2O4/c1-8(24-10-5-3-9(15)4-6-10)12(22)20-19-11(21)7-13(2,23)14(16,17)18/h3-6,8,23H,7H2,1-2H3,(H,19,21)(H,20,22)/t8-,13-/m1/s1. The van der Waals surface area contributed by atoms with Crippen LogP contribution in [0.5, 0.6) is 5.75 Å². The normalized spacial score (nSPS) is 15.1. The third-order valence-electron chi connectivity index (χ3n) is 2.94. The van der Waals surface area contributed by atoms with Gasteiger partial charge in [0, 0.05) is 0 Å². The summed E-state index contributed by atoms with van der Waals surface area (Å²) in [4.78, 5) is 23.0. The Morgan fingerprint density at radius 2 is 1.75 bits per heavy atom. The Bertz CT molecular complexity index is 587. The van der Waals surface area contributed by atoms with Crippen molar-refractivity contribution in [3.05, 3.63) is 30.1 Å². The Labute approximate surface area is 134 Å². The minimum absolute atomic E-state index is 0.186. The lowest BCUT2D eigenvalue weighted by molar-refractivity contribution is -0.253. The van der Waals surface area contributed by atoms with Crippen molar-refractivity contribution in [3.8, 4) is 5.75 Å². The number of benzene rings is 1. The van der Waals surface area contributed by atoms with Gasteiger partial charge in [-0.2, -0.15) is 13.2 Å². The number of nitrogens with one attached hydrogen (secondary N) is 2. The second-order valence-corrected chi connectivity index (χ2v) is 5.20. The van der Waals surface area contributed by atoms with E-state index < -0.39 is 41.9 Å². The molecule has 0 saturated carbocycles. The monoisotopic (exact) mass is 352 g/mol. The summed E-state index contributed by atoms with van der Waals surface area (Å²) < 4.78 is 55.2. The first-order valence-electron chi connectivity index (χ1n) is 6.72. The van der Waals surface area contributed by atoms with Crippen LogP contribution in [-0.4, -0.2) is 34.8 Å². The van der Waals surface area contributed by atoms with Crippen molar-refractivity contribution in [2.45, 2.75) is 38.1 Å². The Morgan fingerprint density at radius 1 is 1.21 bits per heavy atom. The number of carbonyl (C=O) groups excluding carboxylic acids is 2. The van der Waals surface area contributed by atoms with Gasteiger partial charge in [-0.1, -0.05) is 0 Å². The average Bonchev–Trinajstić information content (AvgIpc) is 2.45. The number of hydrazine groups is 1. The highest BCUT2D eigenvalue weighted by Gasteiger charge is 2.51. The molecule has 6 nitrogen and oxygen atoms in total. The van der Waals surface area contributed by atoms with E-state index in [1.807, 2.05) is 5.43 Å². The van der Waals surface area contributed by atoms with Crippen LogP contribution in [0.2, 0.25) is 0 Å². The van der Waals surface area contributed by atoms with Gasteiger partial charge in [-0.05, 0) is 38.1 Å². The van der Waals surface area contributed by atoms with Gasteiger partial charge in [0.05, 0.1) is 6.42 Å². The number of carbonyl (C=O) groups is 2. The van der Waals surface area contributed by atoms with Crippen LogP contribution < -0.4 is 15.6 Å². The largest absolute Gasteiger partial charge is 0.481 e. The summed E-state index contributed by atoms with van der Waals surface area (Å²) in [5, 5.41) is 9.16. The molecule has 24 heavy (non-hydrogen) atoms. The van der Waals surface area contributed by atoms with Gasteiger partial charge in [0.1, 0.15) is 11.6 Å². The van der Waals surface area contributed by atoms with Crippen LogP contribution in [0.1, 0.15) is 20.3 Å². The molecule has 3 N–H and O–H groups in total. The molecule has 1 aromatic rings. The molecule has 0 aliphatic carbocycles. The highest BCUT2D eigenvalue weighted by Crippen LogP contribution is 2.32. The van der Waals surface area contributed by atoms with E-state index in [1.165, 1.54) is 19.1 Å². The Balaban J connectivity index is 2.47.